The molecule has 0 heterocycles. The minimum absolute atomic E-state index is 0.113. The first kappa shape index (κ1) is 22.3. The zero-order valence-corrected chi connectivity index (χ0v) is 17.6. The van der Waals surface area contributed by atoms with Crippen LogP contribution in [-0.2, 0) is 11.2 Å². The van der Waals surface area contributed by atoms with Crippen molar-refractivity contribution >= 4 is 44.3 Å². The molecule has 0 fully saturated rings. The Labute approximate surface area is 175 Å². The summed E-state index contributed by atoms with van der Waals surface area (Å²) in [7, 11) is 0. The molecule has 0 saturated carbocycles. The van der Waals surface area contributed by atoms with Crippen molar-refractivity contribution in [3.63, 3.8) is 0 Å². The number of ketones is 1. The maximum Gasteiger partial charge on any atom is 0.188 e. The van der Waals surface area contributed by atoms with Crippen LogP contribution in [0.15, 0.2) is 28.7 Å². The molecule has 1 unspecified atom stereocenters. The van der Waals surface area contributed by atoms with Crippen molar-refractivity contribution in [3.8, 4) is 0 Å². The number of hydrogen-bond donors (Lipinski definition) is 2. The molecule has 146 valence electrons. The third-order valence-electron chi connectivity index (χ3n) is 3.70. The van der Waals surface area contributed by atoms with Crippen LogP contribution in [0, 0.1) is 21.0 Å². The fourth-order valence-electron chi connectivity index (χ4n) is 2.33. The van der Waals surface area contributed by atoms with E-state index in [0.29, 0.717) is 3.57 Å². The van der Waals surface area contributed by atoms with Crippen LogP contribution in [0.4, 0.5) is 13.2 Å². The molecule has 2 aromatic rings. The largest absolute Gasteiger partial charge is 0.394 e. The molecule has 0 amide bonds. The van der Waals surface area contributed by atoms with Crippen LogP contribution in [0.1, 0.15) is 21.5 Å². The van der Waals surface area contributed by atoms with Gasteiger partial charge in [-0.15, -0.1) is 0 Å². The predicted octanol–water partition coefficient (Wildman–Crippen LogP) is 3.61. The highest BCUT2D eigenvalue weighted by Crippen LogP contribution is 2.28. The van der Waals surface area contributed by atoms with Gasteiger partial charge in [0, 0.05) is 21.1 Å². The lowest BCUT2D eigenvalue weighted by Crippen LogP contribution is -2.22. The lowest BCUT2D eigenvalue weighted by atomic mass is 9.96. The van der Waals surface area contributed by atoms with Crippen LogP contribution in [0.25, 0.3) is 0 Å². The lowest BCUT2D eigenvalue weighted by Gasteiger charge is -2.14. The maximum absolute atomic E-state index is 14.5. The van der Waals surface area contributed by atoms with E-state index in [9.17, 15) is 23.1 Å². The van der Waals surface area contributed by atoms with E-state index in [1.165, 1.54) is 12.1 Å². The van der Waals surface area contributed by atoms with Crippen LogP contribution >= 0.6 is 38.5 Å². The third kappa shape index (κ3) is 5.74. The average Bonchev–Trinajstić information content (AvgIpc) is 2.63. The summed E-state index contributed by atoms with van der Waals surface area (Å²) in [5.74, 6) is -3.68. The van der Waals surface area contributed by atoms with Gasteiger partial charge in [-0.1, -0.05) is 6.07 Å². The molecule has 2 N–H and O–H groups in total. The van der Waals surface area contributed by atoms with E-state index in [4.69, 9.17) is 9.84 Å². The van der Waals surface area contributed by atoms with Crippen LogP contribution in [-0.4, -0.2) is 41.9 Å². The first-order valence-electron chi connectivity index (χ1n) is 7.74. The van der Waals surface area contributed by atoms with E-state index in [1.54, 1.807) is 6.07 Å². The second kappa shape index (κ2) is 9.97. The van der Waals surface area contributed by atoms with Gasteiger partial charge in [0.25, 0.3) is 0 Å². The molecular formula is C18H15BrF3IO4. The average molecular weight is 559 g/mol. The first-order chi connectivity index (χ1) is 12.7. The van der Waals surface area contributed by atoms with Crippen LogP contribution in [0.3, 0.4) is 0 Å². The molecule has 27 heavy (non-hydrogen) atoms. The smallest absolute Gasteiger partial charge is 0.188 e. The normalized spacial score (nSPS) is 12.3. The van der Waals surface area contributed by atoms with Crippen LogP contribution in [0.2, 0.25) is 0 Å². The fourth-order valence-corrected chi connectivity index (χ4v) is 3.18. The molecule has 0 aliphatic heterocycles. The van der Waals surface area contributed by atoms with Gasteiger partial charge in [-0.05, 0) is 62.3 Å². The summed E-state index contributed by atoms with van der Waals surface area (Å²) in [4.78, 5) is 12.4. The van der Waals surface area contributed by atoms with Crippen molar-refractivity contribution in [1.82, 2.24) is 0 Å². The first-order valence-corrected chi connectivity index (χ1v) is 9.62. The van der Waals surface area contributed by atoms with Gasteiger partial charge in [-0.3, -0.25) is 4.79 Å². The summed E-state index contributed by atoms with van der Waals surface area (Å²) in [5, 5.41) is 17.9. The SMILES string of the molecule is O=C(COCC(O)CO)c1cc(Br)c(F)c(F)c1Cc1ccc(I)cc1F. The quantitative estimate of drug-likeness (QED) is 0.295. The number of benzene rings is 2. The van der Waals surface area contributed by atoms with Gasteiger partial charge < -0.3 is 14.9 Å². The van der Waals surface area contributed by atoms with Crippen molar-refractivity contribution in [3.05, 3.63) is 66.5 Å². The molecule has 2 rings (SSSR count). The van der Waals surface area contributed by atoms with E-state index in [1.807, 2.05) is 22.6 Å². The number of carbonyl (C=O) groups excluding carboxylic acids is 1. The molecule has 1 atom stereocenters. The Morgan fingerprint density at radius 3 is 2.56 bits per heavy atom. The standard InChI is InChI=1S/C18H15BrF3IO4/c19-14-5-12(16(26)8-27-7-11(25)6-24)13(17(21)18(14)22)3-9-1-2-10(23)4-15(9)20/h1-2,4-5,11,24-25H,3,6-8H2. The Morgan fingerprint density at radius 2 is 1.93 bits per heavy atom. The minimum atomic E-state index is -1.25. The Kier molecular flexibility index (Phi) is 8.22. The number of Topliss-reactive ketones (excluding diaryl/α,β-unsaturated/α-hetero) is 1. The van der Waals surface area contributed by atoms with Gasteiger partial charge in [-0.25, -0.2) is 13.2 Å². The van der Waals surface area contributed by atoms with Gasteiger partial charge >= 0.3 is 0 Å². The summed E-state index contributed by atoms with van der Waals surface area (Å²) in [6.07, 6.45) is -1.48. The zero-order chi connectivity index (χ0) is 20.1. The lowest BCUT2D eigenvalue weighted by molar-refractivity contribution is 0.00893. The summed E-state index contributed by atoms with van der Waals surface area (Å²) < 4.78 is 48.0. The molecule has 0 spiro atoms. The van der Waals surface area contributed by atoms with Crippen molar-refractivity contribution in [1.29, 1.82) is 0 Å². The Hall–Kier alpha value is -1.01. The fraction of sp³-hybridized carbons (Fsp3) is 0.278. The minimum Gasteiger partial charge on any atom is -0.394 e. The second-order valence-corrected chi connectivity index (χ2v) is 7.80. The van der Waals surface area contributed by atoms with E-state index in [-0.39, 0.29) is 34.2 Å². The molecule has 0 radical (unpaired) electrons. The van der Waals surface area contributed by atoms with E-state index < -0.39 is 42.6 Å². The van der Waals surface area contributed by atoms with E-state index in [0.717, 1.165) is 6.07 Å². The number of halogens is 5. The van der Waals surface area contributed by atoms with Gasteiger partial charge in [0.05, 0.1) is 17.7 Å². The van der Waals surface area contributed by atoms with E-state index >= 15 is 0 Å². The third-order valence-corrected chi connectivity index (χ3v) is 4.95. The molecule has 4 nitrogen and oxygen atoms in total. The summed E-state index contributed by atoms with van der Waals surface area (Å²) in [6.45, 7) is -1.35. The van der Waals surface area contributed by atoms with Gasteiger partial charge in [0.2, 0.25) is 0 Å². The number of rotatable bonds is 8. The molecule has 0 aliphatic rings. The summed E-state index contributed by atoms with van der Waals surface area (Å²) >= 11 is 4.78. The second-order valence-electron chi connectivity index (χ2n) is 5.70. The van der Waals surface area contributed by atoms with Crippen molar-refractivity contribution in [2.75, 3.05) is 19.8 Å². The topological polar surface area (TPSA) is 66.8 Å². The molecule has 0 aromatic heterocycles. The molecule has 2 aromatic carbocycles. The number of aliphatic hydroxyl groups is 2. The van der Waals surface area contributed by atoms with Crippen LogP contribution < -0.4 is 0 Å². The highest BCUT2D eigenvalue weighted by atomic mass is 127. The van der Waals surface area contributed by atoms with Crippen LogP contribution in [0.5, 0.6) is 0 Å². The molecular weight excluding hydrogens is 544 g/mol. The monoisotopic (exact) mass is 558 g/mol. The van der Waals surface area contributed by atoms with Crippen molar-refractivity contribution < 1.29 is 32.9 Å². The van der Waals surface area contributed by atoms with Gasteiger partial charge in [0.1, 0.15) is 18.5 Å². The van der Waals surface area contributed by atoms with Gasteiger partial charge in [0.15, 0.2) is 17.4 Å². The van der Waals surface area contributed by atoms with Gasteiger partial charge in [-0.2, -0.15) is 0 Å². The number of hydrogen-bond acceptors (Lipinski definition) is 4. The molecule has 0 bridgehead atoms. The Morgan fingerprint density at radius 1 is 1.22 bits per heavy atom. The maximum atomic E-state index is 14.5. The number of aliphatic hydroxyl groups excluding tert-OH is 2. The predicted molar refractivity (Wildman–Crippen MR) is 104 cm³/mol. The Bertz CT molecular complexity index is 848. The molecule has 9 heteroatoms. The van der Waals surface area contributed by atoms with E-state index in [2.05, 4.69) is 15.9 Å². The Balaban J connectivity index is 2.34. The zero-order valence-electron chi connectivity index (χ0n) is 13.8. The highest BCUT2D eigenvalue weighted by Gasteiger charge is 2.23. The highest BCUT2D eigenvalue weighted by molar-refractivity contribution is 14.1. The number of carbonyl (C=O) groups is 1. The molecule has 0 saturated heterocycles. The summed E-state index contributed by atoms with van der Waals surface area (Å²) in [6, 6.07) is 5.43. The van der Waals surface area contributed by atoms with Crippen molar-refractivity contribution in [2.24, 2.45) is 0 Å². The number of ether oxygens (including phenoxy) is 1. The van der Waals surface area contributed by atoms with Crippen molar-refractivity contribution in [2.45, 2.75) is 12.5 Å². The molecule has 0 aliphatic carbocycles. The summed E-state index contributed by atoms with van der Waals surface area (Å²) in [5.41, 5.74) is -0.328.